The van der Waals surface area contributed by atoms with Gasteiger partial charge in [-0.25, -0.2) is 9.97 Å². The molecule has 2 aliphatic heterocycles. The largest absolute Gasteiger partial charge is 0.480 e. The minimum absolute atomic E-state index is 0.173. The molecule has 1 fully saturated rings. The van der Waals surface area contributed by atoms with E-state index in [0.717, 1.165) is 65.2 Å². The van der Waals surface area contributed by atoms with Gasteiger partial charge in [0.15, 0.2) is 0 Å². The molecule has 1 N–H and O–H groups in total. The number of fused-ring (bicyclic) bond motifs is 2. The summed E-state index contributed by atoms with van der Waals surface area (Å²) in [4.78, 5) is 13.8. The molecule has 0 radical (unpaired) electrons. The smallest absolute Gasteiger partial charge is 0.237 e. The van der Waals surface area contributed by atoms with Gasteiger partial charge in [0.1, 0.15) is 10.7 Å². The Kier molecular flexibility index (Phi) is 6.40. The molecular formula is C29H28ClN5O2. The van der Waals surface area contributed by atoms with Gasteiger partial charge in [-0.1, -0.05) is 42.0 Å². The zero-order chi connectivity index (χ0) is 25.2. The molecule has 8 heteroatoms. The predicted molar refractivity (Wildman–Crippen MR) is 147 cm³/mol. The highest BCUT2D eigenvalue weighted by Gasteiger charge is 2.31. The lowest BCUT2D eigenvalue weighted by atomic mass is 10.0. The lowest BCUT2D eigenvalue weighted by molar-refractivity contribution is 0.0864. The van der Waals surface area contributed by atoms with Crippen molar-refractivity contribution >= 4 is 34.0 Å². The number of nitrogens with one attached hydrogen (secondary N) is 1. The van der Waals surface area contributed by atoms with E-state index in [2.05, 4.69) is 33.1 Å². The van der Waals surface area contributed by atoms with Crippen LogP contribution in [0.3, 0.4) is 0 Å². The summed E-state index contributed by atoms with van der Waals surface area (Å²) in [6.07, 6.45) is 12.3. The molecule has 188 valence electrons. The standard InChI is InChI=1S/C29H28ClN5O2/c1-36-28-22(9-7-15-31-28)34-23-18-25-27(19-24(23)32-20-11-16-37-17-12-20)35(29(30)13-5-2-6-14-29)26-10-4-3-8-21(26)33-25/h2-10,13,15,18-20,34H,11-12,14,16-17H2,1H3. The molecule has 0 amide bonds. The molecule has 1 aromatic heterocycles. The minimum Gasteiger partial charge on any atom is -0.480 e. The monoisotopic (exact) mass is 513 g/mol. The third kappa shape index (κ3) is 4.61. The molecule has 3 heterocycles. The van der Waals surface area contributed by atoms with E-state index in [4.69, 9.17) is 31.1 Å². The van der Waals surface area contributed by atoms with Crippen molar-refractivity contribution in [2.24, 2.45) is 4.99 Å². The van der Waals surface area contributed by atoms with Crippen molar-refractivity contribution in [3.05, 3.63) is 84.4 Å². The van der Waals surface area contributed by atoms with Crippen molar-refractivity contribution in [2.45, 2.75) is 30.3 Å². The van der Waals surface area contributed by atoms with Crippen LogP contribution in [0.1, 0.15) is 19.3 Å². The summed E-state index contributed by atoms with van der Waals surface area (Å²) in [6.45, 7) is 1.43. The SMILES string of the molecule is COc1ncccc1Nc1cc2nc3ccccc3n(C3(Cl)C=CC=CC3)c-2cc1=NC1CCOCC1. The number of allylic oxidation sites excluding steroid dienone is 4. The summed E-state index contributed by atoms with van der Waals surface area (Å²) in [5.74, 6) is 0.514. The molecule has 37 heavy (non-hydrogen) atoms. The molecule has 2 aliphatic carbocycles. The van der Waals surface area contributed by atoms with Crippen LogP contribution in [0.25, 0.3) is 22.4 Å². The van der Waals surface area contributed by atoms with Crippen LogP contribution in [0, 0.1) is 0 Å². The topological polar surface area (TPSA) is 73.6 Å². The van der Waals surface area contributed by atoms with Gasteiger partial charge in [0.25, 0.3) is 0 Å². The summed E-state index contributed by atoms with van der Waals surface area (Å²) >= 11 is 7.32. The Morgan fingerprint density at radius 1 is 1.11 bits per heavy atom. The number of nitrogens with zero attached hydrogens (tertiary/aromatic N) is 4. The number of rotatable bonds is 5. The number of hydrogen-bond acceptors (Lipinski definition) is 6. The maximum absolute atomic E-state index is 7.32. The Morgan fingerprint density at radius 2 is 1.97 bits per heavy atom. The van der Waals surface area contributed by atoms with Gasteiger partial charge in [-0.15, -0.1) is 0 Å². The van der Waals surface area contributed by atoms with Gasteiger partial charge in [-0.2, -0.15) is 0 Å². The molecular weight excluding hydrogens is 486 g/mol. The molecule has 1 aromatic carbocycles. The van der Waals surface area contributed by atoms with E-state index in [1.807, 2.05) is 54.6 Å². The van der Waals surface area contributed by atoms with Crippen molar-refractivity contribution in [1.29, 1.82) is 0 Å². The van der Waals surface area contributed by atoms with Crippen LogP contribution in [0.2, 0.25) is 0 Å². The van der Waals surface area contributed by atoms with Crippen molar-refractivity contribution in [3.8, 4) is 17.3 Å². The van der Waals surface area contributed by atoms with Gasteiger partial charge in [0.2, 0.25) is 5.88 Å². The number of para-hydroxylation sites is 2. The van der Waals surface area contributed by atoms with Crippen LogP contribution in [0.15, 0.2) is 84.0 Å². The Labute approximate surface area is 220 Å². The lowest BCUT2D eigenvalue weighted by Gasteiger charge is -2.32. The first kappa shape index (κ1) is 23.7. The summed E-state index contributed by atoms with van der Waals surface area (Å²) < 4.78 is 13.3. The highest BCUT2D eigenvalue weighted by atomic mass is 35.5. The Morgan fingerprint density at radius 3 is 2.78 bits per heavy atom. The normalized spacial score (nSPS) is 20.5. The first-order valence-corrected chi connectivity index (χ1v) is 12.9. The van der Waals surface area contributed by atoms with Crippen molar-refractivity contribution in [1.82, 2.24) is 14.5 Å². The van der Waals surface area contributed by atoms with Crippen LogP contribution in [0.5, 0.6) is 5.88 Å². The molecule has 0 spiro atoms. The average Bonchev–Trinajstić information content (AvgIpc) is 2.93. The van der Waals surface area contributed by atoms with Gasteiger partial charge >= 0.3 is 0 Å². The highest BCUT2D eigenvalue weighted by molar-refractivity contribution is 6.24. The van der Waals surface area contributed by atoms with Crippen LogP contribution >= 0.6 is 11.6 Å². The molecule has 2 aromatic rings. The van der Waals surface area contributed by atoms with Gasteiger partial charge in [0.05, 0.1) is 46.6 Å². The average molecular weight is 514 g/mol. The molecule has 1 atom stereocenters. The fourth-order valence-corrected chi connectivity index (χ4v) is 5.35. The third-order valence-corrected chi connectivity index (χ3v) is 7.27. The minimum atomic E-state index is -0.757. The van der Waals surface area contributed by atoms with Crippen molar-refractivity contribution in [2.75, 3.05) is 25.6 Å². The highest BCUT2D eigenvalue weighted by Crippen LogP contribution is 2.39. The Balaban J connectivity index is 1.62. The van der Waals surface area contributed by atoms with E-state index in [1.165, 1.54) is 0 Å². The third-order valence-electron chi connectivity index (χ3n) is 6.82. The first-order valence-electron chi connectivity index (χ1n) is 12.5. The van der Waals surface area contributed by atoms with Crippen molar-refractivity contribution < 1.29 is 9.47 Å². The molecule has 1 saturated heterocycles. The predicted octanol–water partition coefficient (Wildman–Crippen LogP) is 5.78. The van der Waals surface area contributed by atoms with E-state index >= 15 is 0 Å². The second-order valence-electron chi connectivity index (χ2n) is 9.26. The quantitative estimate of drug-likeness (QED) is 0.270. The fourth-order valence-electron chi connectivity index (χ4n) is 5.00. The molecule has 4 aliphatic rings. The zero-order valence-corrected chi connectivity index (χ0v) is 21.4. The summed E-state index contributed by atoms with van der Waals surface area (Å²) in [5, 5.41) is 4.35. The molecule has 1 unspecified atom stereocenters. The lowest BCUT2D eigenvalue weighted by Crippen LogP contribution is -2.29. The molecule has 0 bridgehead atoms. The van der Waals surface area contributed by atoms with Gasteiger partial charge in [0, 0.05) is 25.8 Å². The number of aromatic nitrogens is 3. The van der Waals surface area contributed by atoms with Crippen LogP contribution < -0.4 is 15.4 Å². The second-order valence-corrected chi connectivity index (χ2v) is 9.92. The van der Waals surface area contributed by atoms with Crippen LogP contribution in [-0.4, -0.2) is 40.9 Å². The van der Waals surface area contributed by atoms with E-state index in [9.17, 15) is 0 Å². The second kappa shape index (κ2) is 10.00. The van der Waals surface area contributed by atoms with E-state index in [0.29, 0.717) is 12.3 Å². The van der Waals surface area contributed by atoms with Gasteiger partial charge in [-0.3, -0.25) is 4.99 Å². The van der Waals surface area contributed by atoms with E-state index in [1.54, 1.807) is 13.3 Å². The maximum Gasteiger partial charge on any atom is 0.237 e. The number of pyridine rings is 1. The van der Waals surface area contributed by atoms with Crippen LogP contribution in [0.4, 0.5) is 11.4 Å². The molecule has 7 nitrogen and oxygen atoms in total. The number of ether oxygens (including phenoxy) is 2. The fraction of sp³-hybridized carbons (Fsp3) is 0.276. The first-order chi connectivity index (χ1) is 18.1. The maximum atomic E-state index is 7.32. The Bertz CT molecular complexity index is 1540. The van der Waals surface area contributed by atoms with Crippen LogP contribution in [-0.2, 0) is 9.73 Å². The molecule has 0 saturated carbocycles. The Hall–Kier alpha value is -3.68. The number of halogens is 1. The van der Waals surface area contributed by atoms with Crippen molar-refractivity contribution in [3.63, 3.8) is 0 Å². The van der Waals surface area contributed by atoms with Gasteiger partial charge < -0.3 is 19.4 Å². The van der Waals surface area contributed by atoms with E-state index < -0.39 is 5.00 Å². The number of benzene rings is 2. The number of anilines is 2. The van der Waals surface area contributed by atoms with Gasteiger partial charge in [-0.05, 0) is 55.3 Å². The summed E-state index contributed by atoms with van der Waals surface area (Å²) in [7, 11) is 1.61. The molecule has 6 rings (SSSR count). The summed E-state index contributed by atoms with van der Waals surface area (Å²) in [6, 6.07) is 16.2. The number of hydrogen-bond donors (Lipinski definition) is 1. The zero-order valence-electron chi connectivity index (χ0n) is 20.6. The number of alkyl halides is 1. The number of methoxy groups -OCH3 is 1. The van der Waals surface area contributed by atoms with E-state index in [-0.39, 0.29) is 6.04 Å². The summed E-state index contributed by atoms with van der Waals surface area (Å²) in [5.41, 5.74) is 5.17.